The standard InChI is InChI=1S/C61H43N/c1-40-34-41(2)36-48(35-40)45-16-13-15-44(37-45)42-24-29-51(30-25-42)62-58-32-28-46(38-55(58)60-52-21-10-9-14-43(52)27-33-59(60)62)47-26-31-54-53-22-11-12-23-56(53)61(57(54)39-47,49-17-5-3-6-18-49)50-19-7-4-8-20-50/h3-39H,1-2H3. The van der Waals surface area contributed by atoms with E-state index in [0.717, 1.165) is 5.69 Å². The predicted molar refractivity (Wildman–Crippen MR) is 261 cm³/mol. The molecule has 12 rings (SSSR count). The first-order valence-electron chi connectivity index (χ1n) is 21.7. The molecule has 0 amide bonds. The van der Waals surface area contributed by atoms with E-state index < -0.39 is 5.41 Å². The van der Waals surface area contributed by atoms with E-state index in [1.165, 1.54) is 110 Å². The lowest BCUT2D eigenvalue weighted by atomic mass is 9.67. The average molecular weight is 790 g/mol. The Labute approximate surface area is 362 Å². The van der Waals surface area contributed by atoms with Crippen LogP contribution in [0, 0.1) is 13.8 Å². The Bertz CT molecular complexity index is 3460. The second-order valence-electron chi connectivity index (χ2n) is 17.0. The minimum Gasteiger partial charge on any atom is -0.309 e. The second-order valence-corrected chi connectivity index (χ2v) is 17.0. The lowest BCUT2D eigenvalue weighted by molar-refractivity contribution is 0.769. The fourth-order valence-electron chi connectivity index (χ4n) is 10.7. The molecule has 0 atom stereocenters. The number of aromatic nitrogens is 1. The highest BCUT2D eigenvalue weighted by molar-refractivity contribution is 6.22. The van der Waals surface area contributed by atoms with E-state index in [-0.39, 0.29) is 0 Å². The molecule has 1 aliphatic rings. The number of hydrogen-bond donors (Lipinski definition) is 0. The molecule has 0 fully saturated rings. The predicted octanol–water partition coefficient (Wildman–Crippen LogP) is 15.9. The van der Waals surface area contributed by atoms with Gasteiger partial charge in [0.2, 0.25) is 0 Å². The van der Waals surface area contributed by atoms with Crippen LogP contribution in [0.25, 0.3) is 82.8 Å². The van der Waals surface area contributed by atoms with Crippen molar-refractivity contribution in [2.45, 2.75) is 19.3 Å². The van der Waals surface area contributed by atoms with Crippen molar-refractivity contribution in [3.05, 3.63) is 258 Å². The van der Waals surface area contributed by atoms with Gasteiger partial charge in [0.1, 0.15) is 0 Å². The van der Waals surface area contributed by atoms with Crippen molar-refractivity contribution in [1.29, 1.82) is 0 Å². The van der Waals surface area contributed by atoms with Gasteiger partial charge in [-0.15, -0.1) is 0 Å². The Kier molecular flexibility index (Phi) is 8.27. The Balaban J connectivity index is 1.02. The zero-order chi connectivity index (χ0) is 41.4. The molecule has 292 valence electrons. The normalized spacial score (nSPS) is 12.8. The molecule has 1 aliphatic carbocycles. The minimum atomic E-state index is -0.451. The molecule has 0 radical (unpaired) electrons. The Morgan fingerprint density at radius 2 is 0.919 bits per heavy atom. The molecule has 0 saturated carbocycles. The molecule has 0 spiro atoms. The first-order chi connectivity index (χ1) is 30.5. The average Bonchev–Trinajstić information content (AvgIpc) is 3.82. The Hall–Kier alpha value is -7.74. The number of hydrogen-bond acceptors (Lipinski definition) is 0. The monoisotopic (exact) mass is 789 g/mol. The molecule has 0 unspecified atom stereocenters. The van der Waals surface area contributed by atoms with Crippen LogP contribution in [0.3, 0.4) is 0 Å². The Morgan fingerprint density at radius 1 is 0.339 bits per heavy atom. The maximum absolute atomic E-state index is 2.47. The van der Waals surface area contributed by atoms with Crippen LogP contribution >= 0.6 is 0 Å². The third-order valence-electron chi connectivity index (χ3n) is 13.3. The van der Waals surface area contributed by atoms with Crippen LogP contribution in [0.15, 0.2) is 224 Å². The van der Waals surface area contributed by atoms with Gasteiger partial charge in [0.15, 0.2) is 0 Å². The second kappa shape index (κ2) is 14.2. The summed E-state index contributed by atoms with van der Waals surface area (Å²) in [6.45, 7) is 4.34. The molecule has 0 saturated heterocycles. The minimum absolute atomic E-state index is 0.451. The van der Waals surface area contributed by atoms with Gasteiger partial charge in [0, 0.05) is 16.5 Å². The van der Waals surface area contributed by atoms with Gasteiger partial charge in [0.25, 0.3) is 0 Å². The molecule has 0 aliphatic heterocycles. The maximum atomic E-state index is 2.47. The van der Waals surface area contributed by atoms with Crippen molar-refractivity contribution < 1.29 is 0 Å². The number of rotatable bonds is 6. The Morgan fingerprint density at radius 3 is 1.68 bits per heavy atom. The largest absolute Gasteiger partial charge is 0.309 e. The molecule has 1 heterocycles. The molecule has 11 aromatic rings. The smallest absolute Gasteiger partial charge is 0.0713 e. The van der Waals surface area contributed by atoms with E-state index in [4.69, 9.17) is 0 Å². The highest BCUT2D eigenvalue weighted by Gasteiger charge is 2.46. The molecule has 10 aromatic carbocycles. The molecule has 0 N–H and O–H groups in total. The third kappa shape index (κ3) is 5.55. The first-order valence-corrected chi connectivity index (χ1v) is 21.7. The lowest BCUT2D eigenvalue weighted by Crippen LogP contribution is -2.28. The zero-order valence-corrected chi connectivity index (χ0v) is 34.8. The summed E-state index contributed by atoms with van der Waals surface area (Å²) in [5.74, 6) is 0. The van der Waals surface area contributed by atoms with Gasteiger partial charge in [-0.1, -0.05) is 193 Å². The van der Waals surface area contributed by atoms with Crippen molar-refractivity contribution >= 4 is 32.6 Å². The number of nitrogens with zero attached hydrogens (tertiary/aromatic N) is 1. The van der Waals surface area contributed by atoms with E-state index in [9.17, 15) is 0 Å². The van der Waals surface area contributed by atoms with Crippen molar-refractivity contribution in [2.75, 3.05) is 0 Å². The quantitative estimate of drug-likeness (QED) is 0.158. The fourth-order valence-corrected chi connectivity index (χ4v) is 10.7. The zero-order valence-electron chi connectivity index (χ0n) is 34.8. The van der Waals surface area contributed by atoms with Gasteiger partial charge in [-0.3, -0.25) is 0 Å². The lowest BCUT2D eigenvalue weighted by Gasteiger charge is -2.34. The van der Waals surface area contributed by atoms with E-state index in [0.29, 0.717) is 0 Å². The summed E-state index contributed by atoms with van der Waals surface area (Å²) in [4.78, 5) is 0. The van der Waals surface area contributed by atoms with E-state index in [1.54, 1.807) is 0 Å². The third-order valence-corrected chi connectivity index (χ3v) is 13.3. The summed E-state index contributed by atoms with van der Waals surface area (Å²) >= 11 is 0. The van der Waals surface area contributed by atoms with Crippen LogP contribution in [0.4, 0.5) is 0 Å². The van der Waals surface area contributed by atoms with Crippen LogP contribution in [0.1, 0.15) is 33.4 Å². The van der Waals surface area contributed by atoms with Gasteiger partial charge in [-0.25, -0.2) is 0 Å². The topological polar surface area (TPSA) is 4.93 Å². The highest BCUT2D eigenvalue weighted by Crippen LogP contribution is 2.56. The fraction of sp³-hybridized carbons (Fsp3) is 0.0492. The number of aryl methyl sites for hydroxylation is 2. The van der Waals surface area contributed by atoms with E-state index >= 15 is 0 Å². The van der Waals surface area contributed by atoms with E-state index in [2.05, 4.69) is 243 Å². The summed E-state index contributed by atoms with van der Waals surface area (Å²) in [7, 11) is 0. The van der Waals surface area contributed by atoms with Crippen LogP contribution in [0.5, 0.6) is 0 Å². The summed E-state index contributed by atoms with van der Waals surface area (Å²) in [5.41, 5.74) is 20.8. The molecule has 62 heavy (non-hydrogen) atoms. The molecule has 1 heteroatoms. The summed E-state index contributed by atoms with van der Waals surface area (Å²) < 4.78 is 2.45. The van der Waals surface area contributed by atoms with Crippen LogP contribution in [-0.4, -0.2) is 4.57 Å². The number of fused-ring (bicyclic) bond motifs is 8. The van der Waals surface area contributed by atoms with Gasteiger partial charge < -0.3 is 4.57 Å². The summed E-state index contributed by atoms with van der Waals surface area (Å²) in [5, 5.41) is 5.04. The van der Waals surface area contributed by atoms with Crippen LogP contribution in [0.2, 0.25) is 0 Å². The van der Waals surface area contributed by atoms with Crippen molar-refractivity contribution in [3.8, 4) is 50.2 Å². The van der Waals surface area contributed by atoms with Crippen LogP contribution in [-0.2, 0) is 5.41 Å². The summed E-state index contributed by atoms with van der Waals surface area (Å²) in [6, 6.07) is 83.6. The van der Waals surface area contributed by atoms with Crippen molar-refractivity contribution in [3.63, 3.8) is 0 Å². The number of benzene rings is 10. The van der Waals surface area contributed by atoms with Crippen LogP contribution < -0.4 is 0 Å². The molecule has 0 bridgehead atoms. The van der Waals surface area contributed by atoms with Gasteiger partial charge in [-0.2, -0.15) is 0 Å². The molecule has 1 aromatic heterocycles. The van der Waals surface area contributed by atoms with Crippen molar-refractivity contribution in [2.24, 2.45) is 0 Å². The molecular formula is C61H43N. The van der Waals surface area contributed by atoms with Crippen molar-refractivity contribution in [1.82, 2.24) is 4.57 Å². The first kappa shape index (κ1) is 36.1. The van der Waals surface area contributed by atoms with Gasteiger partial charge in [0.05, 0.1) is 16.4 Å². The highest BCUT2D eigenvalue weighted by atomic mass is 15.0. The van der Waals surface area contributed by atoms with Gasteiger partial charge in [-0.05, 0) is 134 Å². The molecular weight excluding hydrogens is 747 g/mol. The summed E-state index contributed by atoms with van der Waals surface area (Å²) in [6.07, 6.45) is 0. The molecule has 1 nitrogen and oxygen atoms in total. The maximum Gasteiger partial charge on any atom is 0.0713 e. The van der Waals surface area contributed by atoms with E-state index in [1.807, 2.05) is 0 Å². The van der Waals surface area contributed by atoms with Gasteiger partial charge >= 0.3 is 0 Å². The SMILES string of the molecule is Cc1cc(C)cc(-c2cccc(-c3ccc(-n4c5ccc(-c6ccc7c(c6)C(c6ccccc6)(c6ccccc6)c6ccccc6-7)cc5c5c6ccccc6ccc54)cc3)c2)c1.